The third-order valence-electron chi connectivity index (χ3n) is 7.77. The molecule has 0 aliphatic carbocycles. The third kappa shape index (κ3) is 31.7. The Labute approximate surface area is 250 Å². The quantitative estimate of drug-likeness (QED) is 0.0765. The number of nitrogens with one attached hydrogen (secondary N) is 2. The second-order valence-corrected chi connectivity index (χ2v) is 13.3. The lowest BCUT2D eigenvalue weighted by Gasteiger charge is -2.09. The van der Waals surface area contributed by atoms with Gasteiger partial charge in [0.15, 0.2) is 0 Å². The summed E-state index contributed by atoms with van der Waals surface area (Å²) in [5, 5.41) is 0. The van der Waals surface area contributed by atoms with Crippen molar-refractivity contribution in [2.45, 2.75) is 194 Å². The van der Waals surface area contributed by atoms with Crippen LogP contribution in [0.4, 0.5) is 4.79 Å². The van der Waals surface area contributed by atoms with Gasteiger partial charge in [0.25, 0.3) is 0 Å². The van der Waals surface area contributed by atoms with E-state index < -0.39 is 16.3 Å². The van der Waals surface area contributed by atoms with Crippen molar-refractivity contribution in [2.75, 3.05) is 13.2 Å². The van der Waals surface area contributed by atoms with E-state index in [-0.39, 0.29) is 6.61 Å². The van der Waals surface area contributed by atoms with Crippen LogP contribution >= 0.6 is 0 Å². The van der Waals surface area contributed by atoms with Gasteiger partial charge in [0.05, 0.1) is 6.61 Å². The fourth-order valence-electron chi connectivity index (χ4n) is 5.16. The van der Waals surface area contributed by atoms with Gasteiger partial charge in [-0.25, -0.2) is 9.52 Å². The first kappa shape index (κ1) is 39.2. The molecular formula is C33H68N2O4S. The summed E-state index contributed by atoms with van der Waals surface area (Å²) >= 11 is 0. The molecule has 0 saturated heterocycles. The minimum absolute atomic E-state index is 0.262. The molecule has 0 aliphatic rings. The summed E-state index contributed by atoms with van der Waals surface area (Å²) in [5.41, 5.74) is 0. The smallest absolute Gasteiger partial charge is 0.421 e. The minimum atomic E-state index is -3.84. The SMILES string of the molecule is CCCCCCCCCCCCCCCCNS(=O)(=O)NC(=O)OCCCCCCCCCCCCCCCC. The molecule has 0 spiro atoms. The molecule has 0 heterocycles. The van der Waals surface area contributed by atoms with Crippen LogP contribution in [-0.2, 0) is 14.9 Å². The number of rotatable bonds is 32. The molecule has 6 nitrogen and oxygen atoms in total. The average Bonchev–Trinajstić information content (AvgIpc) is 2.92. The van der Waals surface area contributed by atoms with E-state index in [0.717, 1.165) is 38.5 Å². The van der Waals surface area contributed by atoms with Gasteiger partial charge in [-0.3, -0.25) is 0 Å². The molecule has 0 fully saturated rings. The van der Waals surface area contributed by atoms with Gasteiger partial charge in [0, 0.05) is 6.54 Å². The zero-order valence-electron chi connectivity index (χ0n) is 26.8. The summed E-state index contributed by atoms with van der Waals surface area (Å²) in [5.74, 6) is 0. The summed E-state index contributed by atoms with van der Waals surface area (Å²) in [6, 6.07) is 0. The number of carbonyl (C=O) groups excluding carboxylic acids is 1. The van der Waals surface area contributed by atoms with Crippen LogP contribution in [0, 0.1) is 0 Å². The van der Waals surface area contributed by atoms with Gasteiger partial charge < -0.3 is 4.74 Å². The highest BCUT2D eigenvalue weighted by molar-refractivity contribution is 7.88. The van der Waals surface area contributed by atoms with Crippen molar-refractivity contribution in [3.8, 4) is 0 Å². The van der Waals surface area contributed by atoms with E-state index in [1.54, 1.807) is 0 Å². The van der Waals surface area contributed by atoms with Gasteiger partial charge in [-0.2, -0.15) is 13.1 Å². The largest absolute Gasteiger partial charge is 0.449 e. The Morgan fingerprint density at radius 1 is 0.475 bits per heavy atom. The number of amides is 1. The minimum Gasteiger partial charge on any atom is -0.449 e. The van der Waals surface area contributed by atoms with Crippen molar-refractivity contribution in [1.82, 2.24) is 9.44 Å². The lowest BCUT2D eigenvalue weighted by Crippen LogP contribution is -2.41. The zero-order valence-corrected chi connectivity index (χ0v) is 27.6. The van der Waals surface area contributed by atoms with E-state index in [0.29, 0.717) is 6.54 Å². The van der Waals surface area contributed by atoms with Crippen molar-refractivity contribution in [1.29, 1.82) is 0 Å². The van der Waals surface area contributed by atoms with E-state index in [9.17, 15) is 13.2 Å². The number of carbonyl (C=O) groups is 1. The maximum atomic E-state index is 12.0. The number of hydrogen-bond donors (Lipinski definition) is 2. The first-order chi connectivity index (χ1) is 19.5. The van der Waals surface area contributed by atoms with Crippen LogP contribution in [0.5, 0.6) is 0 Å². The summed E-state index contributed by atoms with van der Waals surface area (Å²) < 4.78 is 33.5. The lowest BCUT2D eigenvalue weighted by atomic mass is 10.0. The molecule has 0 saturated carbocycles. The molecule has 0 aromatic rings. The highest BCUT2D eigenvalue weighted by atomic mass is 32.2. The highest BCUT2D eigenvalue weighted by Gasteiger charge is 2.14. The van der Waals surface area contributed by atoms with E-state index in [2.05, 4.69) is 18.6 Å². The number of unbranched alkanes of at least 4 members (excludes halogenated alkanes) is 26. The zero-order chi connectivity index (χ0) is 29.4. The Balaban J connectivity index is 3.41. The molecule has 0 aromatic heterocycles. The van der Waals surface area contributed by atoms with E-state index in [1.807, 2.05) is 4.72 Å². The van der Waals surface area contributed by atoms with Crippen LogP contribution < -0.4 is 9.44 Å². The summed E-state index contributed by atoms with van der Waals surface area (Å²) in [7, 11) is -3.84. The second kappa shape index (κ2) is 31.1. The molecular weight excluding hydrogens is 520 g/mol. The number of hydrogen-bond acceptors (Lipinski definition) is 4. The second-order valence-electron chi connectivity index (χ2n) is 11.8. The average molecular weight is 589 g/mol. The Morgan fingerprint density at radius 2 is 0.775 bits per heavy atom. The third-order valence-corrected chi connectivity index (χ3v) is 8.79. The predicted octanol–water partition coefficient (Wildman–Crippen LogP) is 10.5. The Hall–Kier alpha value is -0.820. The molecule has 1 amide bonds. The van der Waals surface area contributed by atoms with Gasteiger partial charge in [0.1, 0.15) is 0 Å². The van der Waals surface area contributed by atoms with Crippen molar-refractivity contribution in [2.24, 2.45) is 0 Å². The Kier molecular flexibility index (Phi) is 30.5. The summed E-state index contributed by atoms with van der Waals surface area (Å²) in [6.07, 6.45) is 34.5. The van der Waals surface area contributed by atoms with Gasteiger partial charge in [0.2, 0.25) is 0 Å². The van der Waals surface area contributed by atoms with Gasteiger partial charge in [-0.05, 0) is 12.8 Å². The molecule has 0 unspecified atom stereocenters. The fourth-order valence-corrected chi connectivity index (χ4v) is 5.93. The van der Waals surface area contributed by atoms with Gasteiger partial charge >= 0.3 is 16.3 Å². The molecule has 2 N–H and O–H groups in total. The molecule has 0 aromatic carbocycles. The standard InChI is InChI=1S/C33H68N2O4S/c1-3-5-7-9-11-13-15-17-19-21-23-25-27-29-31-34-40(37,38)35-33(36)39-32-30-28-26-24-22-20-18-16-14-12-10-8-6-4-2/h34H,3-32H2,1-2H3,(H,35,36). The molecule has 7 heteroatoms. The van der Waals surface area contributed by atoms with Crippen LogP contribution in [0.25, 0.3) is 0 Å². The van der Waals surface area contributed by atoms with Crippen molar-refractivity contribution in [3.63, 3.8) is 0 Å². The molecule has 0 radical (unpaired) electrons. The normalized spacial score (nSPS) is 11.7. The maximum Gasteiger partial charge on any atom is 0.421 e. The maximum absolute atomic E-state index is 12.0. The monoisotopic (exact) mass is 588 g/mol. The van der Waals surface area contributed by atoms with Gasteiger partial charge in [-0.1, -0.05) is 181 Å². The molecule has 0 rings (SSSR count). The number of ether oxygens (including phenoxy) is 1. The molecule has 40 heavy (non-hydrogen) atoms. The molecule has 0 atom stereocenters. The van der Waals surface area contributed by atoms with E-state index in [4.69, 9.17) is 4.74 Å². The van der Waals surface area contributed by atoms with Crippen LogP contribution in [0.15, 0.2) is 0 Å². The summed E-state index contributed by atoms with van der Waals surface area (Å²) in [4.78, 5) is 11.8. The van der Waals surface area contributed by atoms with E-state index in [1.165, 1.54) is 141 Å². The highest BCUT2D eigenvalue weighted by Crippen LogP contribution is 2.14. The first-order valence-corrected chi connectivity index (χ1v) is 18.9. The van der Waals surface area contributed by atoms with Crippen LogP contribution in [-0.4, -0.2) is 27.7 Å². The lowest BCUT2D eigenvalue weighted by molar-refractivity contribution is 0.150. The van der Waals surface area contributed by atoms with Crippen molar-refractivity contribution in [3.05, 3.63) is 0 Å². The topological polar surface area (TPSA) is 84.5 Å². The Morgan fingerprint density at radius 3 is 1.12 bits per heavy atom. The molecule has 0 aliphatic heterocycles. The van der Waals surface area contributed by atoms with E-state index >= 15 is 0 Å². The first-order valence-electron chi connectivity index (χ1n) is 17.5. The molecule has 240 valence electrons. The van der Waals surface area contributed by atoms with Crippen LogP contribution in [0.3, 0.4) is 0 Å². The summed E-state index contributed by atoms with van der Waals surface area (Å²) in [6.45, 7) is 5.13. The molecule has 0 bridgehead atoms. The van der Waals surface area contributed by atoms with Crippen LogP contribution in [0.1, 0.15) is 194 Å². The van der Waals surface area contributed by atoms with Crippen molar-refractivity contribution >= 4 is 16.3 Å². The van der Waals surface area contributed by atoms with Gasteiger partial charge in [-0.15, -0.1) is 0 Å². The fraction of sp³-hybridized carbons (Fsp3) is 0.970. The van der Waals surface area contributed by atoms with Crippen molar-refractivity contribution < 1.29 is 17.9 Å². The predicted molar refractivity (Wildman–Crippen MR) is 172 cm³/mol. The van der Waals surface area contributed by atoms with Crippen LogP contribution in [0.2, 0.25) is 0 Å². The Bertz CT molecular complexity index is 628.